The van der Waals surface area contributed by atoms with Crippen molar-refractivity contribution in [2.24, 2.45) is 0 Å². The van der Waals surface area contributed by atoms with E-state index >= 15 is 0 Å². The van der Waals surface area contributed by atoms with Crippen molar-refractivity contribution >= 4 is 86.7 Å². The molecule has 0 atom stereocenters. The molecule has 14 aromatic carbocycles. The fraction of sp³-hybridized carbons (Fsp3) is 0. The quantitative estimate of drug-likeness (QED) is 0.118. The lowest BCUT2D eigenvalue weighted by Gasteiger charge is -2.15. The highest BCUT2D eigenvalue weighted by Gasteiger charge is 2.20. The van der Waals surface area contributed by atoms with E-state index in [4.69, 9.17) is 39.9 Å². The maximum absolute atomic E-state index is 5.49. The van der Waals surface area contributed by atoms with Crippen LogP contribution in [0.3, 0.4) is 0 Å². The average molecular weight is 1320 g/mol. The van der Waals surface area contributed by atoms with E-state index < -0.39 is 0 Å². The van der Waals surface area contributed by atoms with E-state index in [0.29, 0.717) is 11.6 Å². The van der Waals surface area contributed by atoms with Crippen LogP contribution in [0.15, 0.2) is 352 Å². The van der Waals surface area contributed by atoms with Crippen LogP contribution in [0.5, 0.6) is 0 Å². The predicted molar refractivity (Wildman–Crippen MR) is 429 cm³/mol. The first-order valence-corrected chi connectivity index (χ1v) is 35.0. The van der Waals surface area contributed by atoms with E-state index in [-0.39, 0.29) is 0 Å². The summed E-state index contributed by atoms with van der Waals surface area (Å²) in [4.78, 5) is 42.1. The predicted octanol–water partition coefficient (Wildman–Crippen LogP) is 24.4. The molecule has 0 aliphatic carbocycles. The van der Waals surface area contributed by atoms with Crippen LogP contribution in [0.2, 0.25) is 0 Å². The highest BCUT2D eigenvalue weighted by molar-refractivity contribution is 6.18. The van der Waals surface area contributed by atoms with Gasteiger partial charge in [-0.15, -0.1) is 0 Å². The summed E-state index contributed by atoms with van der Waals surface area (Å²) in [5.74, 6) is 1.27. The molecular weight excluding hydrogens is 1270 g/mol. The van der Waals surface area contributed by atoms with Gasteiger partial charge in [-0.2, -0.15) is 0 Å². The number of nitrogens with zero attached hydrogens (tertiary/aromatic N) is 8. The van der Waals surface area contributed by atoms with Gasteiger partial charge in [-0.05, 0) is 143 Å². The SMILES string of the molecule is c1ccc(-c2cc(-c3ccc4ccc(-c5ccc6ccc(-c7cc8ccccc8c8ccccc78)nc6c5)cc4n3)nc(-c3ccc(-c4ccc(-c5ccc6ccc(-c7ccc8ccc(-c9cc(-c%10ccccc%10)nc(-c%10ccccc%10)n9)nc8c7)cc6n5)c5c4ccc4ccccc45)cc3)n2)cc1. The second-order valence-corrected chi connectivity index (χ2v) is 26.6. The van der Waals surface area contributed by atoms with Crippen molar-refractivity contribution in [3.8, 4) is 124 Å². The fourth-order valence-corrected chi connectivity index (χ4v) is 14.9. The van der Waals surface area contributed by atoms with Crippen molar-refractivity contribution in [3.63, 3.8) is 0 Å². The summed E-state index contributed by atoms with van der Waals surface area (Å²) in [5, 5.41) is 13.7. The van der Waals surface area contributed by atoms with Crippen LogP contribution in [0.25, 0.3) is 211 Å². The van der Waals surface area contributed by atoms with Crippen molar-refractivity contribution in [1.82, 2.24) is 39.9 Å². The van der Waals surface area contributed by atoms with Gasteiger partial charge in [0.1, 0.15) is 0 Å². The Hall–Kier alpha value is -14.1. The molecule has 0 saturated heterocycles. The second kappa shape index (κ2) is 25.0. The minimum absolute atomic E-state index is 0.612. The Kier molecular flexibility index (Phi) is 14.4. The summed E-state index contributed by atoms with van der Waals surface area (Å²) >= 11 is 0. The summed E-state index contributed by atoms with van der Waals surface area (Å²) < 4.78 is 0. The Morgan fingerprint density at radius 2 is 0.500 bits per heavy atom. The first kappa shape index (κ1) is 59.9. The van der Waals surface area contributed by atoms with Gasteiger partial charge in [0.05, 0.1) is 67.6 Å². The van der Waals surface area contributed by atoms with Gasteiger partial charge in [0.15, 0.2) is 11.6 Å². The van der Waals surface area contributed by atoms with Crippen molar-refractivity contribution in [2.75, 3.05) is 0 Å². The van der Waals surface area contributed by atoms with Crippen LogP contribution in [-0.4, -0.2) is 39.9 Å². The van der Waals surface area contributed by atoms with E-state index in [2.05, 4.69) is 279 Å². The molecule has 0 radical (unpaired) electrons. The molecule has 8 heteroatoms. The van der Waals surface area contributed by atoms with Gasteiger partial charge in [-0.3, -0.25) is 0 Å². The Balaban J connectivity index is 0.619. The molecule has 8 nitrogen and oxygen atoms in total. The molecule has 0 amide bonds. The molecule has 0 aliphatic rings. The molecular formula is C96H58N8. The van der Waals surface area contributed by atoms with Crippen molar-refractivity contribution in [3.05, 3.63) is 352 Å². The topological polar surface area (TPSA) is 103 Å². The molecule has 0 fully saturated rings. The number of pyridine rings is 4. The molecule has 0 unspecified atom stereocenters. The lowest BCUT2D eigenvalue weighted by molar-refractivity contribution is 1.17. The minimum Gasteiger partial charge on any atom is -0.248 e. The van der Waals surface area contributed by atoms with Crippen molar-refractivity contribution in [2.45, 2.75) is 0 Å². The smallest absolute Gasteiger partial charge is 0.160 e. The first-order chi connectivity index (χ1) is 51.4. The largest absolute Gasteiger partial charge is 0.248 e. The average Bonchev–Trinajstić information content (AvgIpc) is 0.750. The molecule has 20 aromatic rings. The van der Waals surface area contributed by atoms with Gasteiger partial charge in [-0.1, -0.05) is 285 Å². The van der Waals surface area contributed by atoms with Gasteiger partial charge in [0, 0.05) is 54.9 Å². The van der Waals surface area contributed by atoms with Crippen molar-refractivity contribution in [1.29, 1.82) is 0 Å². The van der Waals surface area contributed by atoms with Gasteiger partial charge >= 0.3 is 0 Å². The summed E-state index contributed by atoms with van der Waals surface area (Å²) in [7, 11) is 0. The lowest BCUT2D eigenvalue weighted by atomic mass is 9.90. The Morgan fingerprint density at radius 3 is 1.02 bits per heavy atom. The van der Waals surface area contributed by atoms with Crippen LogP contribution in [0, 0.1) is 0 Å². The Morgan fingerprint density at radius 1 is 0.144 bits per heavy atom. The van der Waals surface area contributed by atoms with Gasteiger partial charge < -0.3 is 0 Å². The molecule has 482 valence electrons. The van der Waals surface area contributed by atoms with E-state index in [1.54, 1.807) is 0 Å². The van der Waals surface area contributed by atoms with E-state index in [1.165, 1.54) is 21.5 Å². The number of aromatic nitrogens is 8. The highest BCUT2D eigenvalue weighted by atomic mass is 14.9. The highest BCUT2D eigenvalue weighted by Crippen LogP contribution is 2.43. The Bertz CT molecular complexity index is 6780. The standard InChI is InChI=1S/C96H58N8/c1-4-17-61(18-5-1)90-57-92(103-95(101-90)67-21-8-3-9-22-67)84-50-43-65-32-38-71(55-88(65)99-84)69-36-30-63-41-48-82(97-86(63)53-69)80-47-46-75(79-45-40-59-16-10-13-25-76(59)94(79)80)60-28-34-68(35-29-60)96-102-91(62-19-6-2-7-20-62)58-93(104-96)85-51-44-66-33-39-72(56-89(66)100-85)70-37-31-64-42-49-83(98-87(64)54-70)81-52-73-23-11-12-24-74(73)77-26-14-15-27-78(77)81/h1-58H. The maximum atomic E-state index is 5.49. The molecule has 0 saturated carbocycles. The zero-order valence-corrected chi connectivity index (χ0v) is 56.1. The minimum atomic E-state index is 0.612. The molecule has 20 rings (SSSR count). The van der Waals surface area contributed by atoms with Crippen molar-refractivity contribution < 1.29 is 0 Å². The molecule has 0 aliphatic heterocycles. The second-order valence-electron chi connectivity index (χ2n) is 26.6. The third-order valence-corrected chi connectivity index (χ3v) is 20.3. The van der Waals surface area contributed by atoms with Gasteiger partial charge in [0.2, 0.25) is 0 Å². The zero-order chi connectivity index (χ0) is 68.6. The number of benzene rings is 14. The zero-order valence-electron chi connectivity index (χ0n) is 56.1. The van der Waals surface area contributed by atoms with Crippen LogP contribution in [0.4, 0.5) is 0 Å². The Labute approximate surface area is 598 Å². The van der Waals surface area contributed by atoms with Crippen LogP contribution < -0.4 is 0 Å². The molecule has 104 heavy (non-hydrogen) atoms. The first-order valence-electron chi connectivity index (χ1n) is 35.0. The summed E-state index contributed by atoms with van der Waals surface area (Å²) in [6.45, 7) is 0. The number of fused-ring (bicyclic) bond motifs is 10. The molecule has 0 bridgehead atoms. The monoisotopic (exact) mass is 1320 g/mol. The lowest BCUT2D eigenvalue weighted by Crippen LogP contribution is -1.97. The van der Waals surface area contributed by atoms with E-state index in [1.807, 2.05) is 72.8 Å². The summed E-state index contributed by atoms with van der Waals surface area (Å²) in [5.41, 5.74) is 22.5. The molecule has 6 aromatic heterocycles. The molecule has 6 heterocycles. The van der Waals surface area contributed by atoms with Crippen LogP contribution in [-0.2, 0) is 0 Å². The third kappa shape index (κ3) is 10.9. The van der Waals surface area contributed by atoms with Crippen LogP contribution >= 0.6 is 0 Å². The number of rotatable bonds is 11. The normalized spacial score (nSPS) is 11.7. The van der Waals surface area contributed by atoms with Gasteiger partial charge in [-0.25, -0.2) is 39.9 Å². The number of hydrogen-bond acceptors (Lipinski definition) is 8. The van der Waals surface area contributed by atoms with Gasteiger partial charge in [0.25, 0.3) is 0 Å². The molecule has 0 N–H and O–H groups in total. The third-order valence-electron chi connectivity index (χ3n) is 20.3. The van der Waals surface area contributed by atoms with E-state index in [9.17, 15) is 0 Å². The molecule has 0 spiro atoms. The maximum Gasteiger partial charge on any atom is 0.160 e. The van der Waals surface area contributed by atoms with E-state index in [0.717, 1.165) is 177 Å². The summed E-state index contributed by atoms with van der Waals surface area (Å²) in [6.07, 6.45) is 0. The van der Waals surface area contributed by atoms with Crippen LogP contribution in [0.1, 0.15) is 0 Å². The summed E-state index contributed by atoms with van der Waals surface area (Å²) in [6, 6.07) is 124. The fourth-order valence-electron chi connectivity index (χ4n) is 14.9. The number of hydrogen-bond donors (Lipinski definition) is 0.